The first-order chi connectivity index (χ1) is 7.91. The lowest BCUT2D eigenvalue weighted by molar-refractivity contribution is -0.147. The lowest BCUT2D eigenvalue weighted by Gasteiger charge is -2.21. The van der Waals surface area contributed by atoms with E-state index in [4.69, 9.17) is 10.8 Å². The number of primary amides is 1. The molecule has 0 spiro atoms. The molecule has 0 aromatic rings. The second-order valence-corrected chi connectivity index (χ2v) is 3.74. The topological polar surface area (TPSA) is 130 Å². The fourth-order valence-corrected chi connectivity index (χ4v) is 1.67. The minimum Gasteiger partial charge on any atom is -0.480 e. The first-order valence-corrected chi connectivity index (χ1v) is 4.98. The number of carbonyl (C=O) groups is 3. The van der Waals surface area contributed by atoms with Crippen molar-refractivity contribution in [3.8, 4) is 0 Å². The van der Waals surface area contributed by atoms with Gasteiger partial charge in [0.1, 0.15) is 19.3 Å². The Balaban J connectivity index is 2.49. The van der Waals surface area contributed by atoms with Gasteiger partial charge in [-0.05, 0) is 0 Å². The number of hydrogen-bond donors (Lipinski definition) is 3. The molecule has 0 saturated carbocycles. The molecule has 0 bridgehead atoms. The van der Waals surface area contributed by atoms with Crippen molar-refractivity contribution in [3.63, 3.8) is 0 Å². The SMILES string of the molecule is NC(=O)C1CC(O)CN1C(=O)COCC(=O)O. The van der Waals surface area contributed by atoms with Gasteiger partial charge in [0.25, 0.3) is 0 Å². The van der Waals surface area contributed by atoms with Gasteiger partial charge in [0.15, 0.2) is 0 Å². The van der Waals surface area contributed by atoms with Gasteiger partial charge in [-0.15, -0.1) is 0 Å². The lowest BCUT2D eigenvalue weighted by atomic mass is 10.2. The van der Waals surface area contributed by atoms with Crippen molar-refractivity contribution < 1.29 is 29.3 Å². The summed E-state index contributed by atoms with van der Waals surface area (Å²) in [6.07, 6.45) is -0.698. The summed E-state index contributed by atoms with van der Waals surface area (Å²) in [6.45, 7) is -1.05. The van der Waals surface area contributed by atoms with Crippen molar-refractivity contribution in [2.75, 3.05) is 19.8 Å². The van der Waals surface area contributed by atoms with E-state index in [1.165, 1.54) is 0 Å². The van der Waals surface area contributed by atoms with Gasteiger partial charge in [0.2, 0.25) is 11.8 Å². The third-order valence-corrected chi connectivity index (χ3v) is 2.38. The molecule has 96 valence electrons. The summed E-state index contributed by atoms with van der Waals surface area (Å²) in [5, 5.41) is 17.7. The molecule has 8 heteroatoms. The highest BCUT2D eigenvalue weighted by molar-refractivity contribution is 5.88. The van der Waals surface area contributed by atoms with Crippen molar-refractivity contribution in [1.82, 2.24) is 4.90 Å². The van der Waals surface area contributed by atoms with Crippen molar-refractivity contribution in [3.05, 3.63) is 0 Å². The van der Waals surface area contributed by atoms with Crippen molar-refractivity contribution in [2.24, 2.45) is 5.73 Å². The second-order valence-electron chi connectivity index (χ2n) is 3.74. The van der Waals surface area contributed by atoms with Crippen LogP contribution in [0.2, 0.25) is 0 Å². The van der Waals surface area contributed by atoms with Gasteiger partial charge in [0.05, 0.1) is 6.10 Å². The smallest absolute Gasteiger partial charge is 0.329 e. The minimum absolute atomic E-state index is 0.00285. The highest BCUT2D eigenvalue weighted by Crippen LogP contribution is 2.17. The van der Waals surface area contributed by atoms with Gasteiger partial charge in [-0.25, -0.2) is 4.79 Å². The molecule has 1 fully saturated rings. The van der Waals surface area contributed by atoms with E-state index < -0.39 is 43.1 Å². The number of carboxylic acids is 1. The Labute approximate surface area is 96.9 Å². The van der Waals surface area contributed by atoms with E-state index in [2.05, 4.69) is 4.74 Å². The number of carboxylic acid groups (broad SMARTS) is 1. The van der Waals surface area contributed by atoms with Crippen LogP contribution >= 0.6 is 0 Å². The molecule has 8 nitrogen and oxygen atoms in total. The number of rotatable bonds is 5. The van der Waals surface area contributed by atoms with E-state index in [-0.39, 0.29) is 13.0 Å². The summed E-state index contributed by atoms with van der Waals surface area (Å²) >= 11 is 0. The Hall–Kier alpha value is -1.67. The van der Waals surface area contributed by atoms with Crippen LogP contribution in [0.3, 0.4) is 0 Å². The average Bonchev–Trinajstić information content (AvgIpc) is 2.59. The van der Waals surface area contributed by atoms with E-state index >= 15 is 0 Å². The van der Waals surface area contributed by atoms with E-state index in [9.17, 15) is 19.5 Å². The predicted octanol–water partition coefficient (Wildman–Crippen LogP) is -2.47. The first kappa shape index (κ1) is 13.4. The fraction of sp³-hybridized carbons (Fsp3) is 0.667. The van der Waals surface area contributed by atoms with Crippen LogP contribution in [0.1, 0.15) is 6.42 Å². The normalized spacial score (nSPS) is 23.7. The van der Waals surface area contributed by atoms with Crippen molar-refractivity contribution in [2.45, 2.75) is 18.6 Å². The van der Waals surface area contributed by atoms with Crippen LogP contribution in [-0.4, -0.2) is 64.8 Å². The van der Waals surface area contributed by atoms with Crippen LogP contribution in [0.25, 0.3) is 0 Å². The molecule has 4 N–H and O–H groups in total. The summed E-state index contributed by atoms with van der Waals surface area (Å²) in [4.78, 5) is 33.9. The number of aliphatic carboxylic acids is 1. The molecular weight excluding hydrogens is 232 g/mol. The summed E-state index contributed by atoms with van der Waals surface area (Å²) in [7, 11) is 0. The molecule has 1 aliphatic heterocycles. The third kappa shape index (κ3) is 3.68. The fourth-order valence-electron chi connectivity index (χ4n) is 1.67. The number of amides is 2. The molecule has 2 unspecified atom stereocenters. The molecule has 2 atom stereocenters. The molecular formula is C9H14N2O6. The van der Waals surface area contributed by atoms with Gasteiger partial charge >= 0.3 is 5.97 Å². The van der Waals surface area contributed by atoms with Crippen LogP contribution in [0.15, 0.2) is 0 Å². The molecule has 17 heavy (non-hydrogen) atoms. The monoisotopic (exact) mass is 246 g/mol. The van der Waals surface area contributed by atoms with Crippen LogP contribution < -0.4 is 5.73 Å². The first-order valence-electron chi connectivity index (χ1n) is 4.98. The summed E-state index contributed by atoms with van der Waals surface area (Å²) in [5.41, 5.74) is 5.09. The van der Waals surface area contributed by atoms with Crippen LogP contribution in [0.4, 0.5) is 0 Å². The number of nitrogens with two attached hydrogens (primary N) is 1. The molecule has 0 radical (unpaired) electrons. The number of carbonyl (C=O) groups excluding carboxylic acids is 2. The minimum atomic E-state index is -1.19. The van der Waals surface area contributed by atoms with E-state index in [1.54, 1.807) is 0 Å². The maximum absolute atomic E-state index is 11.6. The number of likely N-dealkylation sites (tertiary alicyclic amines) is 1. The standard InChI is InChI=1S/C9H14N2O6/c10-9(16)6-1-5(12)2-11(6)7(13)3-17-4-8(14)15/h5-6,12H,1-4H2,(H2,10,16)(H,14,15). The van der Waals surface area contributed by atoms with Gasteiger partial charge in [-0.1, -0.05) is 0 Å². The lowest BCUT2D eigenvalue weighted by Crippen LogP contribution is -2.45. The largest absolute Gasteiger partial charge is 0.480 e. The zero-order chi connectivity index (χ0) is 13.0. The van der Waals surface area contributed by atoms with Gasteiger partial charge in [-0.3, -0.25) is 9.59 Å². The van der Waals surface area contributed by atoms with Crippen LogP contribution in [-0.2, 0) is 19.1 Å². The molecule has 1 rings (SSSR count). The Bertz CT molecular complexity index is 331. The molecule has 1 heterocycles. The van der Waals surface area contributed by atoms with Gasteiger partial charge in [-0.2, -0.15) is 0 Å². The molecule has 1 aliphatic rings. The molecule has 0 aromatic heterocycles. The highest BCUT2D eigenvalue weighted by Gasteiger charge is 2.37. The maximum Gasteiger partial charge on any atom is 0.329 e. The van der Waals surface area contributed by atoms with E-state index in [0.29, 0.717) is 0 Å². The van der Waals surface area contributed by atoms with Gasteiger partial charge < -0.3 is 25.6 Å². The quantitative estimate of drug-likeness (QED) is 0.493. The summed E-state index contributed by atoms with van der Waals surface area (Å²) in [6, 6.07) is -0.856. The number of aliphatic hydroxyl groups excluding tert-OH is 1. The molecule has 1 saturated heterocycles. The van der Waals surface area contributed by atoms with E-state index in [1.807, 2.05) is 0 Å². The maximum atomic E-state index is 11.6. The average molecular weight is 246 g/mol. The third-order valence-electron chi connectivity index (χ3n) is 2.38. The Morgan fingerprint density at radius 2 is 2.00 bits per heavy atom. The number of aliphatic hydroxyl groups is 1. The van der Waals surface area contributed by atoms with Crippen LogP contribution in [0.5, 0.6) is 0 Å². The summed E-state index contributed by atoms with van der Waals surface area (Å²) in [5.74, 6) is -2.45. The number of β-amino-alcohol motifs (C(OH)–C–C–N with tert-alkyl or cyclic N) is 1. The molecule has 2 amide bonds. The molecule has 0 aromatic carbocycles. The predicted molar refractivity (Wildman–Crippen MR) is 53.8 cm³/mol. The Morgan fingerprint density at radius 3 is 2.53 bits per heavy atom. The zero-order valence-corrected chi connectivity index (χ0v) is 9.04. The number of ether oxygens (including phenoxy) is 1. The van der Waals surface area contributed by atoms with Crippen molar-refractivity contribution in [1.29, 1.82) is 0 Å². The summed E-state index contributed by atoms with van der Waals surface area (Å²) < 4.78 is 4.61. The highest BCUT2D eigenvalue weighted by atomic mass is 16.5. The van der Waals surface area contributed by atoms with Crippen molar-refractivity contribution >= 4 is 17.8 Å². The molecule has 0 aliphatic carbocycles. The number of nitrogens with zero attached hydrogens (tertiary/aromatic N) is 1. The Kier molecular flexibility index (Phi) is 4.41. The van der Waals surface area contributed by atoms with E-state index in [0.717, 1.165) is 4.90 Å². The number of hydrogen-bond acceptors (Lipinski definition) is 5. The van der Waals surface area contributed by atoms with Crippen LogP contribution in [0, 0.1) is 0 Å². The zero-order valence-electron chi connectivity index (χ0n) is 9.04. The Morgan fingerprint density at radius 1 is 1.35 bits per heavy atom. The second kappa shape index (κ2) is 5.60. The van der Waals surface area contributed by atoms with Gasteiger partial charge in [0, 0.05) is 13.0 Å².